The molecule has 0 aliphatic carbocycles. The topological polar surface area (TPSA) is 81.3 Å². The van der Waals surface area contributed by atoms with Gasteiger partial charge in [-0.05, 0) is 38.0 Å². The minimum atomic E-state index is -0.279. The number of rotatable bonds is 4. The van der Waals surface area contributed by atoms with Gasteiger partial charge in [0, 0.05) is 23.0 Å². The van der Waals surface area contributed by atoms with Crippen LogP contribution in [-0.4, -0.2) is 25.1 Å². The van der Waals surface area contributed by atoms with E-state index in [9.17, 15) is 9.59 Å². The van der Waals surface area contributed by atoms with Crippen LogP contribution in [-0.2, 0) is 11.3 Å². The average molecular weight is 387 g/mol. The Hall–Kier alpha value is -3.74. The van der Waals surface area contributed by atoms with Gasteiger partial charge in [-0.1, -0.05) is 42.5 Å². The van der Waals surface area contributed by atoms with Crippen LogP contribution >= 0.6 is 0 Å². The van der Waals surface area contributed by atoms with E-state index in [1.54, 1.807) is 11.5 Å². The second-order valence-corrected chi connectivity index (χ2v) is 7.02. The predicted molar refractivity (Wildman–Crippen MR) is 112 cm³/mol. The molecule has 0 unspecified atom stereocenters. The molecule has 146 valence electrons. The Morgan fingerprint density at radius 3 is 2.55 bits per heavy atom. The minimum Gasteiger partial charge on any atom is -0.324 e. The Morgan fingerprint density at radius 2 is 1.79 bits per heavy atom. The molecule has 0 saturated carbocycles. The van der Waals surface area contributed by atoms with E-state index >= 15 is 0 Å². The highest BCUT2D eigenvalue weighted by Crippen LogP contribution is 2.19. The van der Waals surface area contributed by atoms with E-state index in [0.29, 0.717) is 17.3 Å². The number of aryl methyl sites for hydroxylation is 2. The first-order chi connectivity index (χ1) is 13.9. The second kappa shape index (κ2) is 7.35. The van der Waals surface area contributed by atoms with E-state index < -0.39 is 0 Å². The summed E-state index contributed by atoms with van der Waals surface area (Å²) >= 11 is 0. The number of benzene rings is 2. The summed E-state index contributed by atoms with van der Waals surface area (Å²) < 4.78 is 2.93. The molecule has 1 N–H and O–H groups in total. The van der Waals surface area contributed by atoms with Crippen molar-refractivity contribution in [2.75, 3.05) is 5.32 Å². The van der Waals surface area contributed by atoms with Crippen molar-refractivity contribution in [3.8, 4) is 11.4 Å². The third-order valence-electron chi connectivity index (χ3n) is 5.01. The number of amides is 1. The molecule has 0 spiro atoms. The Kier molecular flexibility index (Phi) is 4.72. The summed E-state index contributed by atoms with van der Waals surface area (Å²) in [6, 6.07) is 16.7. The highest BCUT2D eigenvalue weighted by Gasteiger charge is 2.16. The van der Waals surface area contributed by atoms with Crippen molar-refractivity contribution < 1.29 is 4.79 Å². The maximum Gasteiger partial charge on any atom is 0.275 e. The zero-order valence-corrected chi connectivity index (χ0v) is 16.5. The van der Waals surface area contributed by atoms with Gasteiger partial charge in [-0.3, -0.25) is 9.59 Å². The maximum absolute atomic E-state index is 12.7. The van der Waals surface area contributed by atoms with Crippen LogP contribution in [0.1, 0.15) is 16.8 Å². The van der Waals surface area contributed by atoms with Gasteiger partial charge in [0.25, 0.3) is 5.56 Å². The monoisotopic (exact) mass is 387 g/mol. The summed E-state index contributed by atoms with van der Waals surface area (Å²) in [7, 11) is 0. The molecule has 0 aliphatic rings. The molecule has 0 aliphatic heterocycles. The van der Waals surface area contributed by atoms with Crippen LogP contribution in [0.15, 0.2) is 59.4 Å². The molecule has 0 radical (unpaired) electrons. The molecule has 2 aromatic heterocycles. The summed E-state index contributed by atoms with van der Waals surface area (Å²) in [4.78, 5) is 29.7. The van der Waals surface area contributed by atoms with E-state index in [0.717, 1.165) is 22.4 Å². The largest absolute Gasteiger partial charge is 0.324 e. The fourth-order valence-corrected chi connectivity index (χ4v) is 3.23. The zero-order chi connectivity index (χ0) is 20.5. The van der Waals surface area contributed by atoms with Crippen molar-refractivity contribution in [3.05, 3.63) is 81.8 Å². The van der Waals surface area contributed by atoms with Crippen molar-refractivity contribution in [1.29, 1.82) is 0 Å². The van der Waals surface area contributed by atoms with Crippen molar-refractivity contribution in [2.24, 2.45) is 0 Å². The lowest BCUT2D eigenvalue weighted by atomic mass is 10.1. The van der Waals surface area contributed by atoms with Gasteiger partial charge in [0.15, 0.2) is 5.82 Å². The molecular formula is C22H21N5O2. The SMILES string of the molecule is Cc1cccc(NC(=O)Cn2c(C)cc(=O)n3nc(-c4ccccc4)nc23)c1C. The van der Waals surface area contributed by atoms with E-state index in [2.05, 4.69) is 15.4 Å². The summed E-state index contributed by atoms with van der Waals surface area (Å²) in [5, 5.41) is 7.29. The molecule has 2 aromatic carbocycles. The molecule has 0 saturated heterocycles. The number of hydrogen-bond acceptors (Lipinski definition) is 4. The lowest BCUT2D eigenvalue weighted by Crippen LogP contribution is -2.25. The highest BCUT2D eigenvalue weighted by molar-refractivity contribution is 5.91. The lowest BCUT2D eigenvalue weighted by Gasteiger charge is -2.13. The lowest BCUT2D eigenvalue weighted by molar-refractivity contribution is -0.116. The van der Waals surface area contributed by atoms with Crippen LogP contribution < -0.4 is 10.9 Å². The first-order valence-electron chi connectivity index (χ1n) is 9.33. The summed E-state index contributed by atoms with van der Waals surface area (Å²) in [6.07, 6.45) is 0. The van der Waals surface area contributed by atoms with Gasteiger partial charge in [-0.2, -0.15) is 9.50 Å². The molecule has 0 fully saturated rings. The summed E-state index contributed by atoms with van der Waals surface area (Å²) in [6.45, 7) is 5.78. The molecule has 4 aromatic rings. The van der Waals surface area contributed by atoms with Gasteiger partial charge in [0.05, 0.1) is 0 Å². The van der Waals surface area contributed by atoms with Gasteiger partial charge >= 0.3 is 0 Å². The van der Waals surface area contributed by atoms with Crippen molar-refractivity contribution in [2.45, 2.75) is 27.3 Å². The number of fused-ring (bicyclic) bond motifs is 1. The van der Waals surface area contributed by atoms with E-state index in [-0.39, 0.29) is 18.0 Å². The Morgan fingerprint density at radius 1 is 1.03 bits per heavy atom. The van der Waals surface area contributed by atoms with E-state index in [1.165, 1.54) is 10.6 Å². The van der Waals surface area contributed by atoms with Crippen LogP contribution in [0.4, 0.5) is 5.69 Å². The van der Waals surface area contributed by atoms with Gasteiger partial charge < -0.3 is 9.88 Å². The minimum absolute atomic E-state index is 0.0237. The standard InChI is InChI=1S/C22H21N5O2/c1-14-8-7-11-18(16(14)3)23-19(28)13-26-15(2)12-20(29)27-22(26)24-21(25-27)17-9-5-4-6-10-17/h4-12H,13H2,1-3H3,(H,23,28). The molecule has 7 heteroatoms. The molecule has 7 nitrogen and oxygen atoms in total. The molecule has 0 atom stereocenters. The smallest absolute Gasteiger partial charge is 0.275 e. The van der Waals surface area contributed by atoms with Crippen LogP contribution in [0.2, 0.25) is 0 Å². The number of nitrogens with one attached hydrogen (secondary N) is 1. The molecular weight excluding hydrogens is 366 g/mol. The van der Waals surface area contributed by atoms with Gasteiger partial charge in [0.2, 0.25) is 11.7 Å². The quantitative estimate of drug-likeness (QED) is 0.583. The fraction of sp³-hybridized carbons (Fsp3) is 0.182. The highest BCUT2D eigenvalue weighted by atomic mass is 16.2. The average Bonchev–Trinajstić information content (AvgIpc) is 3.15. The third-order valence-corrected chi connectivity index (χ3v) is 5.01. The first kappa shape index (κ1) is 18.6. The number of anilines is 1. The molecule has 2 heterocycles. The zero-order valence-electron chi connectivity index (χ0n) is 16.5. The van der Waals surface area contributed by atoms with Crippen LogP contribution in [0.5, 0.6) is 0 Å². The second-order valence-electron chi connectivity index (χ2n) is 7.02. The summed E-state index contributed by atoms with van der Waals surface area (Å²) in [5.74, 6) is 0.582. The Labute approximate surface area is 167 Å². The number of aromatic nitrogens is 4. The molecule has 4 rings (SSSR count). The molecule has 0 bridgehead atoms. The fourth-order valence-electron chi connectivity index (χ4n) is 3.23. The normalized spacial score (nSPS) is 11.0. The molecule has 29 heavy (non-hydrogen) atoms. The van der Waals surface area contributed by atoms with E-state index in [1.807, 2.05) is 62.4 Å². The van der Waals surface area contributed by atoms with Crippen molar-refractivity contribution in [1.82, 2.24) is 19.2 Å². The Bertz CT molecular complexity index is 1270. The number of nitrogens with zero attached hydrogens (tertiary/aromatic N) is 4. The number of carbonyl (C=O) groups is 1. The van der Waals surface area contributed by atoms with Crippen LogP contribution in [0, 0.1) is 20.8 Å². The first-order valence-corrected chi connectivity index (χ1v) is 9.33. The number of carbonyl (C=O) groups excluding carboxylic acids is 1. The van der Waals surface area contributed by atoms with E-state index in [4.69, 9.17) is 0 Å². The predicted octanol–water partition coefficient (Wildman–Crippen LogP) is 3.12. The third kappa shape index (κ3) is 3.54. The molecule has 1 amide bonds. The number of hydrogen-bond donors (Lipinski definition) is 1. The van der Waals surface area contributed by atoms with Gasteiger partial charge in [0.1, 0.15) is 6.54 Å². The maximum atomic E-state index is 12.7. The van der Waals surface area contributed by atoms with Crippen molar-refractivity contribution >= 4 is 17.4 Å². The van der Waals surface area contributed by atoms with Crippen LogP contribution in [0.25, 0.3) is 17.2 Å². The van der Waals surface area contributed by atoms with Gasteiger partial charge in [-0.25, -0.2) is 0 Å². The van der Waals surface area contributed by atoms with Crippen LogP contribution in [0.3, 0.4) is 0 Å². The summed E-state index contributed by atoms with van der Waals surface area (Å²) in [5.41, 5.74) is 4.07. The van der Waals surface area contributed by atoms with Crippen molar-refractivity contribution in [3.63, 3.8) is 0 Å². The van der Waals surface area contributed by atoms with Gasteiger partial charge in [-0.15, -0.1) is 5.10 Å². The Balaban J connectivity index is 1.71.